The molecule has 1 rings (SSSR count). The highest BCUT2D eigenvalue weighted by Gasteiger charge is 2.49. The molecular formula is C24H47FO6. The molecule has 186 valence electrons. The van der Waals surface area contributed by atoms with Crippen molar-refractivity contribution < 1.29 is 32.8 Å². The first kappa shape index (κ1) is 28.7. The summed E-state index contributed by atoms with van der Waals surface area (Å²) >= 11 is 0. The van der Waals surface area contributed by atoms with E-state index in [-0.39, 0.29) is 0 Å². The smallest absolute Gasteiger partial charge is 0.191 e. The molecule has 1 heterocycles. The predicted molar refractivity (Wildman–Crippen MR) is 120 cm³/mol. The van der Waals surface area contributed by atoms with Crippen LogP contribution in [0, 0.1) is 0 Å². The third-order valence-corrected chi connectivity index (χ3v) is 5.48. The van der Waals surface area contributed by atoms with Crippen LogP contribution >= 0.6 is 0 Å². The van der Waals surface area contributed by atoms with Gasteiger partial charge in [0, 0.05) is 33.5 Å². The standard InChI is InChI=1S/C24H47FO6/c1-6-10-14-27-18-19-21(28-15-11-7-2)23(30-17-13-9-4)22(29-16-12-8-3)20(25)24(26-5)31-19/h19-24H,6-18H2,1-5H3/t19-,20+,21-,22+,23+,24-/m1/s1. The maximum absolute atomic E-state index is 15.6. The van der Waals surface area contributed by atoms with Gasteiger partial charge in [-0.1, -0.05) is 53.4 Å². The third kappa shape index (κ3) is 10.4. The quantitative estimate of drug-likeness (QED) is 0.272. The van der Waals surface area contributed by atoms with Gasteiger partial charge in [0.1, 0.15) is 24.4 Å². The predicted octanol–water partition coefficient (Wildman–Crippen LogP) is 5.07. The highest BCUT2D eigenvalue weighted by atomic mass is 19.1. The van der Waals surface area contributed by atoms with Crippen LogP contribution in [0.4, 0.5) is 4.39 Å². The van der Waals surface area contributed by atoms with Gasteiger partial charge in [-0.2, -0.15) is 0 Å². The van der Waals surface area contributed by atoms with Crippen molar-refractivity contribution in [3.63, 3.8) is 0 Å². The molecule has 0 amide bonds. The van der Waals surface area contributed by atoms with Crippen molar-refractivity contribution in [3.05, 3.63) is 0 Å². The lowest BCUT2D eigenvalue weighted by Crippen LogP contribution is -2.51. The molecule has 6 nitrogen and oxygen atoms in total. The normalized spacial score (nSPS) is 29.2. The molecule has 0 aromatic heterocycles. The Labute approximate surface area is 189 Å². The monoisotopic (exact) mass is 450 g/mol. The number of hydrogen-bond acceptors (Lipinski definition) is 6. The van der Waals surface area contributed by atoms with Crippen molar-refractivity contribution in [1.29, 1.82) is 0 Å². The fourth-order valence-electron chi connectivity index (χ4n) is 3.49. The van der Waals surface area contributed by atoms with Crippen molar-refractivity contribution in [1.82, 2.24) is 0 Å². The second-order valence-corrected chi connectivity index (χ2v) is 8.22. The lowest BCUT2D eigenvalue weighted by atomic mass is 10.0. The summed E-state index contributed by atoms with van der Waals surface area (Å²) in [5, 5.41) is 0. The Balaban J connectivity index is 3.12. The van der Waals surface area contributed by atoms with Crippen LogP contribution in [0.3, 0.4) is 0 Å². The number of unbranched alkanes of at least 4 members (excludes halogenated alkanes) is 4. The van der Waals surface area contributed by atoms with Gasteiger partial charge in [-0.3, -0.25) is 0 Å². The summed E-state index contributed by atoms with van der Waals surface area (Å²) in [7, 11) is 1.46. The molecule has 1 saturated heterocycles. The Morgan fingerprint density at radius 3 is 1.68 bits per heavy atom. The van der Waals surface area contributed by atoms with Crippen molar-refractivity contribution >= 4 is 0 Å². The molecule has 0 unspecified atom stereocenters. The third-order valence-electron chi connectivity index (χ3n) is 5.48. The number of alkyl halides is 1. The Morgan fingerprint density at radius 1 is 0.677 bits per heavy atom. The number of ether oxygens (including phenoxy) is 6. The van der Waals surface area contributed by atoms with Gasteiger partial charge in [-0.25, -0.2) is 4.39 Å². The van der Waals surface area contributed by atoms with E-state index < -0.39 is 36.9 Å². The van der Waals surface area contributed by atoms with E-state index in [4.69, 9.17) is 28.4 Å². The highest BCUT2D eigenvalue weighted by Crippen LogP contribution is 2.30. The molecule has 0 N–H and O–H groups in total. The van der Waals surface area contributed by atoms with Crippen LogP contribution in [0.1, 0.15) is 79.1 Å². The van der Waals surface area contributed by atoms with Crippen LogP contribution in [-0.4, -0.2) is 77.0 Å². The molecular weight excluding hydrogens is 403 g/mol. The molecule has 6 atom stereocenters. The van der Waals surface area contributed by atoms with Gasteiger partial charge in [0.25, 0.3) is 0 Å². The fourth-order valence-corrected chi connectivity index (χ4v) is 3.49. The van der Waals surface area contributed by atoms with Gasteiger partial charge in [0.15, 0.2) is 12.5 Å². The lowest BCUT2D eigenvalue weighted by molar-refractivity contribution is -0.217. The molecule has 0 spiro atoms. The van der Waals surface area contributed by atoms with Gasteiger partial charge < -0.3 is 28.4 Å². The molecule has 0 aromatic rings. The van der Waals surface area contributed by atoms with Crippen molar-refractivity contribution in [2.45, 2.75) is 116 Å². The van der Waals surface area contributed by atoms with Crippen LogP contribution in [0.2, 0.25) is 0 Å². The van der Waals surface area contributed by atoms with Gasteiger partial charge in [-0.15, -0.1) is 0 Å². The first-order valence-electron chi connectivity index (χ1n) is 12.4. The van der Waals surface area contributed by atoms with E-state index >= 15 is 4.39 Å². The van der Waals surface area contributed by atoms with E-state index in [0.29, 0.717) is 33.0 Å². The van der Waals surface area contributed by atoms with Gasteiger partial charge in [0.05, 0.1) is 6.61 Å². The zero-order valence-corrected chi connectivity index (χ0v) is 20.5. The van der Waals surface area contributed by atoms with E-state index in [2.05, 4.69) is 27.7 Å². The summed E-state index contributed by atoms with van der Waals surface area (Å²) in [6, 6.07) is 0. The number of hydrogen-bond donors (Lipinski definition) is 0. The first-order valence-corrected chi connectivity index (χ1v) is 12.4. The molecule has 0 saturated carbocycles. The van der Waals surface area contributed by atoms with E-state index in [1.165, 1.54) is 7.11 Å². The zero-order valence-electron chi connectivity index (χ0n) is 20.5. The second kappa shape index (κ2) is 18.2. The van der Waals surface area contributed by atoms with E-state index in [1.54, 1.807) is 0 Å². The number of halogens is 1. The second-order valence-electron chi connectivity index (χ2n) is 8.22. The summed E-state index contributed by atoms with van der Waals surface area (Å²) in [5.74, 6) is 0. The molecule has 0 radical (unpaired) electrons. The summed E-state index contributed by atoms with van der Waals surface area (Å²) in [4.78, 5) is 0. The summed E-state index contributed by atoms with van der Waals surface area (Å²) in [6.07, 6.45) is 2.72. The average molecular weight is 451 g/mol. The van der Waals surface area contributed by atoms with Crippen LogP contribution in [-0.2, 0) is 28.4 Å². The Hall–Kier alpha value is -0.310. The van der Waals surface area contributed by atoms with E-state index in [1.807, 2.05) is 0 Å². The van der Waals surface area contributed by atoms with E-state index in [0.717, 1.165) is 51.4 Å². The molecule has 1 aliphatic heterocycles. The molecule has 1 fully saturated rings. The first-order chi connectivity index (χ1) is 15.1. The Morgan fingerprint density at radius 2 is 1.16 bits per heavy atom. The molecule has 7 heteroatoms. The van der Waals surface area contributed by atoms with Crippen molar-refractivity contribution in [2.24, 2.45) is 0 Å². The minimum atomic E-state index is -1.48. The molecule has 0 aliphatic carbocycles. The molecule has 0 bridgehead atoms. The Bertz CT molecular complexity index is 414. The SMILES string of the molecule is CCCCOC[C@H]1O[C@@H](OC)[C@@H](F)[C@H](OCCCC)[C@@H](OCCCC)[C@@H]1OCCCC. The van der Waals surface area contributed by atoms with E-state index in [9.17, 15) is 0 Å². The van der Waals surface area contributed by atoms with Crippen LogP contribution in [0.15, 0.2) is 0 Å². The number of rotatable bonds is 18. The zero-order chi connectivity index (χ0) is 22.9. The number of methoxy groups -OCH3 is 1. The fraction of sp³-hybridized carbons (Fsp3) is 1.00. The lowest BCUT2D eigenvalue weighted by Gasteiger charge is -2.34. The van der Waals surface area contributed by atoms with Crippen LogP contribution in [0.25, 0.3) is 0 Å². The minimum absolute atomic E-state index is 0.304. The van der Waals surface area contributed by atoms with Gasteiger partial charge in [-0.05, 0) is 25.7 Å². The maximum Gasteiger partial charge on any atom is 0.191 e. The molecule has 31 heavy (non-hydrogen) atoms. The highest BCUT2D eigenvalue weighted by molar-refractivity contribution is 4.94. The average Bonchev–Trinajstić information content (AvgIpc) is 2.87. The summed E-state index contributed by atoms with van der Waals surface area (Å²) < 4.78 is 51.4. The maximum atomic E-state index is 15.6. The van der Waals surface area contributed by atoms with Gasteiger partial charge in [0.2, 0.25) is 0 Å². The Kier molecular flexibility index (Phi) is 16.8. The summed E-state index contributed by atoms with van der Waals surface area (Å²) in [6.45, 7) is 10.9. The largest absolute Gasteiger partial charge is 0.379 e. The molecule has 0 aromatic carbocycles. The minimum Gasteiger partial charge on any atom is -0.379 e. The molecule has 1 aliphatic rings. The van der Waals surface area contributed by atoms with Crippen molar-refractivity contribution in [2.75, 3.05) is 40.1 Å². The topological polar surface area (TPSA) is 55.4 Å². The van der Waals surface area contributed by atoms with Crippen LogP contribution in [0.5, 0.6) is 0 Å². The summed E-state index contributed by atoms with van der Waals surface area (Å²) in [5.41, 5.74) is 0. The van der Waals surface area contributed by atoms with Crippen molar-refractivity contribution in [3.8, 4) is 0 Å². The van der Waals surface area contributed by atoms with Crippen LogP contribution < -0.4 is 0 Å². The van der Waals surface area contributed by atoms with Gasteiger partial charge >= 0.3 is 0 Å².